The van der Waals surface area contributed by atoms with Crippen molar-refractivity contribution in [2.75, 3.05) is 19.5 Å². The predicted molar refractivity (Wildman–Crippen MR) is 85.9 cm³/mol. The molecule has 0 radical (unpaired) electrons. The SMILES string of the molecule is CC=CC=CC(C)=CC(=O)Nc1cc(OC)cc(OC)c1. The number of hydrogen-bond donors (Lipinski definition) is 1. The Kier molecular flexibility index (Phi) is 6.81. The van der Waals surface area contributed by atoms with E-state index in [9.17, 15) is 4.79 Å². The van der Waals surface area contributed by atoms with Crippen LogP contribution in [0.5, 0.6) is 11.5 Å². The molecule has 1 aromatic rings. The molecule has 0 unspecified atom stereocenters. The molecule has 0 fully saturated rings. The van der Waals surface area contributed by atoms with E-state index in [0.717, 1.165) is 5.57 Å². The van der Waals surface area contributed by atoms with E-state index in [4.69, 9.17) is 9.47 Å². The second-order valence-corrected chi connectivity index (χ2v) is 4.36. The lowest BCUT2D eigenvalue weighted by Crippen LogP contribution is -2.08. The average Bonchev–Trinajstić information content (AvgIpc) is 2.46. The number of carbonyl (C=O) groups excluding carboxylic acids is 1. The van der Waals surface area contributed by atoms with E-state index >= 15 is 0 Å². The average molecular weight is 287 g/mol. The quantitative estimate of drug-likeness (QED) is 0.640. The van der Waals surface area contributed by atoms with Gasteiger partial charge in [0.2, 0.25) is 5.91 Å². The summed E-state index contributed by atoms with van der Waals surface area (Å²) in [5, 5.41) is 2.79. The van der Waals surface area contributed by atoms with Gasteiger partial charge in [0.1, 0.15) is 11.5 Å². The van der Waals surface area contributed by atoms with Crippen LogP contribution in [0.1, 0.15) is 13.8 Å². The number of amides is 1. The van der Waals surface area contributed by atoms with E-state index in [0.29, 0.717) is 17.2 Å². The maximum absolute atomic E-state index is 11.9. The number of methoxy groups -OCH3 is 2. The lowest BCUT2D eigenvalue weighted by atomic mass is 10.2. The van der Waals surface area contributed by atoms with Crippen molar-refractivity contribution in [1.29, 1.82) is 0 Å². The molecular weight excluding hydrogens is 266 g/mol. The van der Waals surface area contributed by atoms with Crippen LogP contribution in [-0.2, 0) is 4.79 Å². The first kappa shape index (κ1) is 16.6. The van der Waals surface area contributed by atoms with Crippen LogP contribution in [0.15, 0.2) is 54.2 Å². The number of rotatable bonds is 6. The number of benzene rings is 1. The van der Waals surface area contributed by atoms with E-state index in [1.54, 1.807) is 32.4 Å². The molecule has 112 valence electrons. The van der Waals surface area contributed by atoms with Gasteiger partial charge in [-0.1, -0.05) is 24.3 Å². The zero-order valence-electron chi connectivity index (χ0n) is 12.8. The second kappa shape index (κ2) is 8.64. The fourth-order valence-electron chi connectivity index (χ4n) is 1.63. The highest BCUT2D eigenvalue weighted by atomic mass is 16.5. The molecule has 21 heavy (non-hydrogen) atoms. The standard InChI is InChI=1S/C17H21NO3/c1-5-6-7-8-13(2)9-17(19)18-14-10-15(20-3)12-16(11-14)21-4/h5-12H,1-4H3,(H,18,19). The maximum Gasteiger partial charge on any atom is 0.248 e. The van der Waals surface area contributed by atoms with Gasteiger partial charge in [-0.05, 0) is 19.4 Å². The molecule has 0 saturated heterocycles. The van der Waals surface area contributed by atoms with Crippen molar-refractivity contribution >= 4 is 11.6 Å². The van der Waals surface area contributed by atoms with Crippen molar-refractivity contribution < 1.29 is 14.3 Å². The van der Waals surface area contributed by atoms with Gasteiger partial charge in [-0.2, -0.15) is 0 Å². The minimum Gasteiger partial charge on any atom is -0.497 e. The van der Waals surface area contributed by atoms with Crippen molar-refractivity contribution in [3.63, 3.8) is 0 Å². The second-order valence-electron chi connectivity index (χ2n) is 4.36. The molecule has 0 heterocycles. The predicted octanol–water partition coefficient (Wildman–Crippen LogP) is 3.72. The largest absolute Gasteiger partial charge is 0.497 e. The summed E-state index contributed by atoms with van der Waals surface area (Å²) in [6, 6.07) is 5.22. The van der Waals surface area contributed by atoms with Gasteiger partial charge >= 0.3 is 0 Å². The zero-order chi connectivity index (χ0) is 15.7. The first-order valence-corrected chi connectivity index (χ1v) is 6.60. The highest BCUT2D eigenvalue weighted by Crippen LogP contribution is 2.25. The first-order chi connectivity index (χ1) is 10.1. The molecule has 4 nitrogen and oxygen atoms in total. The molecule has 0 bridgehead atoms. The van der Waals surface area contributed by atoms with E-state index in [1.807, 2.05) is 38.2 Å². The van der Waals surface area contributed by atoms with Gasteiger partial charge in [0.15, 0.2) is 0 Å². The minimum atomic E-state index is -0.201. The Morgan fingerprint density at radius 3 is 2.24 bits per heavy atom. The fourth-order valence-corrected chi connectivity index (χ4v) is 1.63. The van der Waals surface area contributed by atoms with Gasteiger partial charge in [-0.25, -0.2) is 0 Å². The molecule has 0 atom stereocenters. The minimum absolute atomic E-state index is 0.201. The summed E-state index contributed by atoms with van der Waals surface area (Å²) < 4.78 is 10.3. The van der Waals surface area contributed by atoms with Crippen molar-refractivity contribution in [2.45, 2.75) is 13.8 Å². The first-order valence-electron chi connectivity index (χ1n) is 6.60. The number of carbonyl (C=O) groups is 1. The fraction of sp³-hybridized carbons (Fsp3) is 0.235. The van der Waals surface area contributed by atoms with Crippen LogP contribution in [0.4, 0.5) is 5.69 Å². The molecule has 0 aliphatic heterocycles. The van der Waals surface area contributed by atoms with E-state index in [-0.39, 0.29) is 5.91 Å². The molecule has 4 heteroatoms. The Morgan fingerprint density at radius 2 is 1.71 bits per heavy atom. The Balaban J connectivity index is 2.80. The molecule has 1 amide bonds. The summed E-state index contributed by atoms with van der Waals surface area (Å²) >= 11 is 0. The van der Waals surface area contributed by atoms with Gasteiger partial charge in [0.05, 0.1) is 14.2 Å². The zero-order valence-corrected chi connectivity index (χ0v) is 12.8. The molecular formula is C17H21NO3. The molecule has 0 aliphatic carbocycles. The topological polar surface area (TPSA) is 47.6 Å². The molecule has 1 N–H and O–H groups in total. The van der Waals surface area contributed by atoms with E-state index in [2.05, 4.69) is 5.32 Å². The van der Waals surface area contributed by atoms with E-state index < -0.39 is 0 Å². The number of anilines is 1. The number of allylic oxidation sites excluding steroid dienone is 5. The third-order valence-electron chi connectivity index (χ3n) is 2.64. The van der Waals surface area contributed by atoms with E-state index in [1.165, 1.54) is 6.08 Å². The van der Waals surface area contributed by atoms with Crippen LogP contribution in [-0.4, -0.2) is 20.1 Å². The Labute approximate surface area is 125 Å². The third-order valence-corrected chi connectivity index (χ3v) is 2.64. The van der Waals surface area contributed by atoms with Crippen LogP contribution in [0.2, 0.25) is 0 Å². The molecule has 0 saturated carbocycles. The Hall–Kier alpha value is -2.49. The molecule has 1 rings (SSSR count). The number of hydrogen-bond acceptors (Lipinski definition) is 3. The number of nitrogens with one attached hydrogen (secondary N) is 1. The van der Waals surface area contributed by atoms with Crippen LogP contribution < -0.4 is 14.8 Å². The van der Waals surface area contributed by atoms with Gasteiger partial charge in [0, 0.05) is 30.0 Å². The summed E-state index contributed by atoms with van der Waals surface area (Å²) in [5.41, 5.74) is 1.48. The van der Waals surface area contributed by atoms with Crippen LogP contribution >= 0.6 is 0 Å². The molecule has 0 aromatic heterocycles. The van der Waals surface area contributed by atoms with Crippen molar-refractivity contribution in [1.82, 2.24) is 0 Å². The van der Waals surface area contributed by atoms with Crippen molar-refractivity contribution in [2.24, 2.45) is 0 Å². The molecule has 0 spiro atoms. The van der Waals surface area contributed by atoms with Crippen LogP contribution in [0, 0.1) is 0 Å². The summed E-state index contributed by atoms with van der Waals surface area (Å²) in [6.07, 6.45) is 9.11. The van der Waals surface area contributed by atoms with Crippen molar-refractivity contribution in [3.05, 3.63) is 54.2 Å². The van der Waals surface area contributed by atoms with Crippen LogP contribution in [0.25, 0.3) is 0 Å². The number of ether oxygens (including phenoxy) is 2. The Bertz CT molecular complexity index is 549. The van der Waals surface area contributed by atoms with Crippen LogP contribution in [0.3, 0.4) is 0 Å². The van der Waals surface area contributed by atoms with Gasteiger partial charge < -0.3 is 14.8 Å². The normalized spacial score (nSPS) is 11.9. The smallest absolute Gasteiger partial charge is 0.248 e. The summed E-state index contributed by atoms with van der Waals surface area (Å²) in [6.45, 7) is 3.80. The monoisotopic (exact) mass is 287 g/mol. The molecule has 0 aliphatic rings. The van der Waals surface area contributed by atoms with Gasteiger partial charge in [-0.3, -0.25) is 4.79 Å². The molecule has 1 aromatic carbocycles. The van der Waals surface area contributed by atoms with Gasteiger partial charge in [0.25, 0.3) is 0 Å². The highest BCUT2D eigenvalue weighted by molar-refractivity contribution is 6.00. The highest BCUT2D eigenvalue weighted by Gasteiger charge is 2.04. The third kappa shape index (κ3) is 5.99. The maximum atomic E-state index is 11.9. The van der Waals surface area contributed by atoms with Gasteiger partial charge in [-0.15, -0.1) is 0 Å². The summed E-state index contributed by atoms with van der Waals surface area (Å²) in [7, 11) is 3.13. The lowest BCUT2D eigenvalue weighted by molar-refractivity contribution is -0.111. The van der Waals surface area contributed by atoms with Crippen molar-refractivity contribution in [3.8, 4) is 11.5 Å². The summed E-state index contributed by atoms with van der Waals surface area (Å²) in [4.78, 5) is 11.9. The summed E-state index contributed by atoms with van der Waals surface area (Å²) in [5.74, 6) is 1.05. The lowest BCUT2D eigenvalue weighted by Gasteiger charge is -2.08. The Morgan fingerprint density at radius 1 is 1.10 bits per heavy atom.